The molecule has 0 unspecified atom stereocenters. The van der Waals surface area contributed by atoms with Gasteiger partial charge in [-0.25, -0.2) is 0 Å². The fourth-order valence-electron chi connectivity index (χ4n) is 1.17. The lowest BCUT2D eigenvalue weighted by molar-refractivity contribution is 1.05. The number of halogens is 1. The predicted molar refractivity (Wildman–Crippen MR) is 51.1 cm³/mol. The smallest absolute Gasteiger partial charge is 0.229 e. The van der Waals surface area contributed by atoms with Gasteiger partial charge >= 0.3 is 0 Å². The predicted octanol–water partition coefficient (Wildman–Crippen LogP) is 2.23. The second-order valence-corrected chi connectivity index (χ2v) is 3.15. The number of hydrogen-bond acceptors (Lipinski definition) is 2. The largest absolute Gasteiger partial charge is 0.272 e. The van der Waals surface area contributed by atoms with Gasteiger partial charge in [0, 0.05) is 5.69 Å². The van der Waals surface area contributed by atoms with Gasteiger partial charge in [0.25, 0.3) is 0 Å². The maximum absolute atomic E-state index is 5.82. The molecule has 2 rings (SSSR count). The summed E-state index contributed by atoms with van der Waals surface area (Å²) in [6.07, 6.45) is 1.59. The van der Waals surface area contributed by atoms with Gasteiger partial charge in [0.1, 0.15) is 6.33 Å². The minimum atomic E-state index is 0.380. The van der Waals surface area contributed by atoms with Crippen LogP contribution in [0.2, 0.25) is 5.28 Å². The van der Waals surface area contributed by atoms with Gasteiger partial charge in [0.15, 0.2) is 0 Å². The van der Waals surface area contributed by atoms with Gasteiger partial charge in [0.05, 0.1) is 0 Å². The fraction of sp³-hybridized carbons (Fsp3) is 0.111. The van der Waals surface area contributed by atoms with Crippen molar-refractivity contribution in [2.24, 2.45) is 0 Å². The van der Waals surface area contributed by atoms with E-state index in [-0.39, 0.29) is 0 Å². The van der Waals surface area contributed by atoms with Gasteiger partial charge in [0.2, 0.25) is 5.28 Å². The van der Waals surface area contributed by atoms with Crippen molar-refractivity contribution in [3.8, 4) is 5.69 Å². The van der Waals surface area contributed by atoms with Gasteiger partial charge in [-0.15, -0.1) is 10.2 Å². The molecular formula is C9H8ClN3. The van der Waals surface area contributed by atoms with E-state index < -0.39 is 0 Å². The highest BCUT2D eigenvalue weighted by Gasteiger charge is 2.01. The molecule has 3 nitrogen and oxygen atoms in total. The van der Waals surface area contributed by atoms with Crippen molar-refractivity contribution in [3.05, 3.63) is 41.4 Å². The number of rotatable bonds is 1. The summed E-state index contributed by atoms with van der Waals surface area (Å²) in [5.74, 6) is 0. The third kappa shape index (κ3) is 1.55. The molecule has 0 radical (unpaired) electrons. The van der Waals surface area contributed by atoms with Crippen LogP contribution >= 0.6 is 11.6 Å². The second kappa shape index (κ2) is 3.18. The quantitative estimate of drug-likeness (QED) is 0.696. The standard InChI is InChI=1S/C9H8ClN3/c1-7-3-2-4-8(5-7)13-6-11-12-9(13)10/h2-6H,1H3. The number of aromatic nitrogens is 3. The van der Waals surface area contributed by atoms with E-state index in [2.05, 4.69) is 10.2 Å². The Morgan fingerprint density at radius 3 is 2.85 bits per heavy atom. The first-order valence-electron chi connectivity index (χ1n) is 3.90. The van der Waals surface area contributed by atoms with Gasteiger partial charge in [-0.05, 0) is 36.2 Å². The van der Waals surface area contributed by atoms with Gasteiger partial charge in [-0.2, -0.15) is 0 Å². The fourth-order valence-corrected chi connectivity index (χ4v) is 1.36. The Morgan fingerprint density at radius 2 is 2.23 bits per heavy atom. The molecule has 2 aromatic rings. The summed E-state index contributed by atoms with van der Waals surface area (Å²) in [5.41, 5.74) is 2.16. The number of nitrogens with zero attached hydrogens (tertiary/aromatic N) is 3. The third-order valence-electron chi connectivity index (χ3n) is 1.79. The van der Waals surface area contributed by atoms with E-state index in [0.717, 1.165) is 5.69 Å². The molecule has 1 heterocycles. The van der Waals surface area contributed by atoms with Crippen molar-refractivity contribution < 1.29 is 0 Å². The summed E-state index contributed by atoms with van der Waals surface area (Å²) in [5, 5.41) is 7.79. The average Bonchev–Trinajstić information content (AvgIpc) is 2.51. The Morgan fingerprint density at radius 1 is 1.38 bits per heavy atom. The van der Waals surface area contributed by atoms with Crippen LogP contribution in [0.4, 0.5) is 0 Å². The van der Waals surface area contributed by atoms with Crippen molar-refractivity contribution in [2.75, 3.05) is 0 Å². The summed E-state index contributed by atoms with van der Waals surface area (Å²) in [6, 6.07) is 7.99. The monoisotopic (exact) mass is 193 g/mol. The first kappa shape index (κ1) is 8.26. The molecule has 0 fully saturated rings. The van der Waals surface area contributed by atoms with Crippen molar-refractivity contribution >= 4 is 11.6 Å². The Bertz CT molecular complexity index is 422. The SMILES string of the molecule is Cc1cccc(-n2cnnc2Cl)c1. The van der Waals surface area contributed by atoms with Crippen LogP contribution < -0.4 is 0 Å². The topological polar surface area (TPSA) is 30.7 Å². The number of aryl methyl sites for hydroxylation is 1. The Labute approximate surface area is 81.0 Å². The van der Waals surface area contributed by atoms with Crippen LogP contribution in [0, 0.1) is 6.92 Å². The Hall–Kier alpha value is -1.35. The molecule has 13 heavy (non-hydrogen) atoms. The molecule has 0 bridgehead atoms. The summed E-state index contributed by atoms with van der Waals surface area (Å²) < 4.78 is 1.73. The summed E-state index contributed by atoms with van der Waals surface area (Å²) in [4.78, 5) is 0. The van der Waals surface area contributed by atoms with E-state index in [1.165, 1.54) is 5.56 Å². The number of benzene rings is 1. The normalized spacial score (nSPS) is 10.3. The summed E-state index contributed by atoms with van der Waals surface area (Å²) in [7, 11) is 0. The van der Waals surface area contributed by atoms with Crippen LogP contribution in [0.15, 0.2) is 30.6 Å². The first-order chi connectivity index (χ1) is 6.27. The van der Waals surface area contributed by atoms with Crippen LogP contribution in [0.3, 0.4) is 0 Å². The van der Waals surface area contributed by atoms with E-state index in [4.69, 9.17) is 11.6 Å². The molecule has 0 atom stereocenters. The van der Waals surface area contributed by atoms with Crippen LogP contribution in [0.5, 0.6) is 0 Å². The molecule has 0 saturated heterocycles. The van der Waals surface area contributed by atoms with E-state index in [9.17, 15) is 0 Å². The molecule has 1 aromatic heterocycles. The molecule has 0 saturated carbocycles. The van der Waals surface area contributed by atoms with Crippen LogP contribution in [-0.2, 0) is 0 Å². The van der Waals surface area contributed by atoms with E-state index in [1.807, 2.05) is 31.2 Å². The zero-order valence-corrected chi connectivity index (χ0v) is 7.86. The highest BCUT2D eigenvalue weighted by molar-refractivity contribution is 6.28. The maximum atomic E-state index is 5.82. The van der Waals surface area contributed by atoms with Crippen LogP contribution in [0.25, 0.3) is 5.69 Å². The minimum Gasteiger partial charge on any atom is -0.272 e. The summed E-state index contributed by atoms with van der Waals surface area (Å²) in [6.45, 7) is 2.03. The minimum absolute atomic E-state index is 0.380. The van der Waals surface area contributed by atoms with Crippen molar-refractivity contribution in [1.82, 2.24) is 14.8 Å². The molecule has 0 spiro atoms. The Kier molecular flexibility index (Phi) is 2.02. The summed E-state index contributed by atoms with van der Waals surface area (Å²) >= 11 is 5.82. The highest BCUT2D eigenvalue weighted by atomic mass is 35.5. The van der Waals surface area contributed by atoms with Gasteiger partial charge < -0.3 is 0 Å². The van der Waals surface area contributed by atoms with E-state index in [1.54, 1.807) is 10.9 Å². The van der Waals surface area contributed by atoms with Gasteiger partial charge in [-0.3, -0.25) is 4.57 Å². The zero-order valence-electron chi connectivity index (χ0n) is 7.11. The second-order valence-electron chi connectivity index (χ2n) is 2.81. The molecule has 0 amide bonds. The Balaban J connectivity index is 2.53. The lowest BCUT2D eigenvalue weighted by atomic mass is 10.2. The van der Waals surface area contributed by atoms with E-state index >= 15 is 0 Å². The molecular weight excluding hydrogens is 186 g/mol. The van der Waals surface area contributed by atoms with E-state index in [0.29, 0.717) is 5.28 Å². The molecule has 0 N–H and O–H groups in total. The number of hydrogen-bond donors (Lipinski definition) is 0. The molecule has 66 valence electrons. The lowest BCUT2D eigenvalue weighted by Crippen LogP contribution is -1.92. The van der Waals surface area contributed by atoms with Crippen LogP contribution in [-0.4, -0.2) is 14.8 Å². The maximum Gasteiger partial charge on any atom is 0.229 e. The highest BCUT2D eigenvalue weighted by Crippen LogP contribution is 2.13. The average molecular weight is 194 g/mol. The van der Waals surface area contributed by atoms with Gasteiger partial charge in [-0.1, -0.05) is 12.1 Å². The third-order valence-corrected chi connectivity index (χ3v) is 2.04. The molecule has 0 aliphatic heterocycles. The first-order valence-corrected chi connectivity index (χ1v) is 4.28. The zero-order chi connectivity index (χ0) is 9.26. The molecule has 0 aliphatic carbocycles. The van der Waals surface area contributed by atoms with Crippen molar-refractivity contribution in [3.63, 3.8) is 0 Å². The van der Waals surface area contributed by atoms with Crippen molar-refractivity contribution in [1.29, 1.82) is 0 Å². The lowest BCUT2D eigenvalue weighted by Gasteiger charge is -2.02. The molecule has 4 heteroatoms. The molecule has 1 aromatic carbocycles. The van der Waals surface area contributed by atoms with Crippen LogP contribution in [0.1, 0.15) is 5.56 Å². The molecule has 0 aliphatic rings. The van der Waals surface area contributed by atoms with Crippen molar-refractivity contribution in [2.45, 2.75) is 6.92 Å².